The fourth-order valence-electron chi connectivity index (χ4n) is 1.70. The molecule has 1 aromatic heterocycles. The first-order valence-corrected chi connectivity index (χ1v) is 5.90. The number of esters is 1. The average Bonchev–Trinajstić information content (AvgIpc) is 2.39. The van der Waals surface area contributed by atoms with Crippen molar-refractivity contribution < 1.29 is 14.3 Å². The molecule has 0 fully saturated rings. The molecular formula is C13H20N2O3. The van der Waals surface area contributed by atoms with E-state index in [9.17, 15) is 4.79 Å². The summed E-state index contributed by atoms with van der Waals surface area (Å²) in [6.07, 6.45) is 3.93. The van der Waals surface area contributed by atoms with Gasteiger partial charge in [-0.3, -0.25) is 9.78 Å². The molecule has 0 atom stereocenters. The van der Waals surface area contributed by atoms with E-state index in [1.165, 1.54) is 7.11 Å². The Bertz CT molecular complexity index is 382. The number of aromatic nitrogens is 1. The molecule has 5 nitrogen and oxygen atoms in total. The molecule has 100 valence electrons. The van der Waals surface area contributed by atoms with E-state index in [1.807, 2.05) is 19.2 Å². The number of carbonyl (C=O) groups excluding carboxylic acids is 1. The highest BCUT2D eigenvalue weighted by molar-refractivity contribution is 5.70. The van der Waals surface area contributed by atoms with Crippen LogP contribution in [0.15, 0.2) is 18.5 Å². The lowest BCUT2D eigenvalue weighted by Gasteiger charge is -2.25. The molecule has 0 aromatic carbocycles. The Hall–Kier alpha value is -1.62. The molecule has 0 aliphatic carbocycles. The fourth-order valence-corrected chi connectivity index (χ4v) is 1.70. The topological polar surface area (TPSA) is 51.7 Å². The summed E-state index contributed by atoms with van der Waals surface area (Å²) >= 11 is 0. The zero-order valence-corrected chi connectivity index (χ0v) is 11.2. The Morgan fingerprint density at radius 1 is 1.39 bits per heavy atom. The second-order valence-corrected chi connectivity index (χ2v) is 3.97. The van der Waals surface area contributed by atoms with Crippen molar-refractivity contribution in [2.45, 2.75) is 13.3 Å². The molecule has 18 heavy (non-hydrogen) atoms. The summed E-state index contributed by atoms with van der Waals surface area (Å²) in [6, 6.07) is 1.95. The van der Waals surface area contributed by atoms with E-state index in [4.69, 9.17) is 4.74 Å². The fraction of sp³-hybridized carbons (Fsp3) is 0.538. The maximum absolute atomic E-state index is 11.2. The Balaban J connectivity index is 2.71. The molecule has 0 N–H and O–H groups in total. The summed E-state index contributed by atoms with van der Waals surface area (Å²) in [5.74, 6) is -0.205. The Morgan fingerprint density at radius 3 is 2.78 bits per heavy atom. The zero-order chi connectivity index (χ0) is 13.4. The second kappa shape index (κ2) is 7.66. The minimum Gasteiger partial charge on any atom is -0.469 e. The summed E-state index contributed by atoms with van der Waals surface area (Å²) in [6.45, 7) is 3.96. The molecule has 0 aliphatic heterocycles. The first-order chi connectivity index (χ1) is 8.69. The lowest BCUT2D eigenvalue weighted by molar-refractivity contribution is -0.140. The average molecular weight is 252 g/mol. The molecule has 0 saturated carbocycles. The predicted molar refractivity (Wildman–Crippen MR) is 69.7 cm³/mol. The van der Waals surface area contributed by atoms with Gasteiger partial charge < -0.3 is 14.4 Å². The number of hydrogen-bond acceptors (Lipinski definition) is 5. The largest absolute Gasteiger partial charge is 0.469 e. The third kappa shape index (κ3) is 4.33. The number of hydrogen-bond donors (Lipinski definition) is 0. The molecule has 0 bridgehead atoms. The molecular weight excluding hydrogens is 232 g/mol. The van der Waals surface area contributed by atoms with Gasteiger partial charge in [0, 0.05) is 38.3 Å². The Labute approximate surface area is 108 Å². The summed E-state index contributed by atoms with van der Waals surface area (Å²) in [7, 11) is 3.07. The molecule has 0 spiro atoms. The van der Waals surface area contributed by atoms with Crippen LogP contribution >= 0.6 is 0 Å². The van der Waals surface area contributed by atoms with Gasteiger partial charge in [0.25, 0.3) is 0 Å². The number of anilines is 1. The van der Waals surface area contributed by atoms with Crippen LogP contribution in [0, 0.1) is 6.92 Å². The van der Waals surface area contributed by atoms with Gasteiger partial charge in [-0.15, -0.1) is 0 Å². The quantitative estimate of drug-likeness (QED) is 0.687. The van der Waals surface area contributed by atoms with Crippen molar-refractivity contribution in [2.24, 2.45) is 0 Å². The third-order valence-electron chi connectivity index (χ3n) is 2.71. The van der Waals surface area contributed by atoms with Crippen LogP contribution in [0.3, 0.4) is 0 Å². The molecule has 0 radical (unpaired) electrons. The van der Waals surface area contributed by atoms with Crippen LogP contribution in [-0.2, 0) is 14.3 Å². The van der Waals surface area contributed by atoms with Crippen molar-refractivity contribution in [1.82, 2.24) is 4.98 Å². The first kappa shape index (κ1) is 14.4. The maximum Gasteiger partial charge on any atom is 0.307 e. The van der Waals surface area contributed by atoms with E-state index < -0.39 is 0 Å². The number of pyridine rings is 1. The van der Waals surface area contributed by atoms with Gasteiger partial charge in [0.1, 0.15) is 0 Å². The number of aryl methyl sites for hydroxylation is 1. The lowest BCUT2D eigenvalue weighted by atomic mass is 10.2. The molecule has 5 heteroatoms. The van der Waals surface area contributed by atoms with Crippen molar-refractivity contribution in [3.05, 3.63) is 24.0 Å². The van der Waals surface area contributed by atoms with Crippen LogP contribution in [0.1, 0.15) is 12.0 Å². The van der Waals surface area contributed by atoms with Crippen molar-refractivity contribution in [3.63, 3.8) is 0 Å². The summed E-state index contributed by atoms with van der Waals surface area (Å²) in [4.78, 5) is 17.4. The summed E-state index contributed by atoms with van der Waals surface area (Å²) in [5, 5.41) is 0. The highest BCUT2D eigenvalue weighted by Gasteiger charge is 2.11. The van der Waals surface area contributed by atoms with E-state index in [0.29, 0.717) is 19.6 Å². The van der Waals surface area contributed by atoms with Gasteiger partial charge >= 0.3 is 5.97 Å². The molecule has 0 saturated heterocycles. The molecule has 0 unspecified atom stereocenters. The number of methoxy groups -OCH3 is 2. The van der Waals surface area contributed by atoms with E-state index in [-0.39, 0.29) is 5.97 Å². The molecule has 0 aliphatic rings. The van der Waals surface area contributed by atoms with Crippen LogP contribution in [-0.4, -0.2) is 44.9 Å². The van der Waals surface area contributed by atoms with Crippen molar-refractivity contribution in [2.75, 3.05) is 38.8 Å². The van der Waals surface area contributed by atoms with Gasteiger partial charge in [-0.25, -0.2) is 0 Å². The highest BCUT2D eigenvalue weighted by Crippen LogP contribution is 2.18. The molecule has 1 heterocycles. The minimum absolute atomic E-state index is 0.205. The van der Waals surface area contributed by atoms with Crippen molar-refractivity contribution in [3.8, 4) is 0 Å². The van der Waals surface area contributed by atoms with E-state index in [0.717, 1.165) is 17.8 Å². The SMILES string of the molecule is COCCN(CCC(=O)OC)c1ccncc1C. The van der Waals surface area contributed by atoms with Crippen molar-refractivity contribution in [1.29, 1.82) is 0 Å². The Kier molecular flexibility index (Phi) is 6.14. The lowest BCUT2D eigenvalue weighted by Crippen LogP contribution is -2.30. The second-order valence-electron chi connectivity index (χ2n) is 3.97. The van der Waals surface area contributed by atoms with Crippen LogP contribution in [0.2, 0.25) is 0 Å². The Morgan fingerprint density at radius 2 is 2.17 bits per heavy atom. The van der Waals surface area contributed by atoms with Crippen molar-refractivity contribution >= 4 is 11.7 Å². The number of ether oxygens (including phenoxy) is 2. The molecule has 1 aromatic rings. The number of carbonyl (C=O) groups is 1. The van der Waals surface area contributed by atoms with Gasteiger partial charge in [0.2, 0.25) is 0 Å². The van der Waals surface area contributed by atoms with Gasteiger partial charge in [0.05, 0.1) is 20.1 Å². The van der Waals surface area contributed by atoms with Gasteiger partial charge in [0.15, 0.2) is 0 Å². The number of rotatable bonds is 7. The minimum atomic E-state index is -0.205. The van der Waals surface area contributed by atoms with E-state index >= 15 is 0 Å². The normalized spacial score (nSPS) is 10.2. The summed E-state index contributed by atoms with van der Waals surface area (Å²) < 4.78 is 9.76. The standard InChI is InChI=1S/C13H20N2O3/c1-11-10-14-6-4-12(11)15(8-9-17-2)7-5-13(16)18-3/h4,6,10H,5,7-9H2,1-3H3. The van der Waals surface area contributed by atoms with E-state index in [1.54, 1.807) is 13.3 Å². The summed E-state index contributed by atoms with van der Waals surface area (Å²) in [5.41, 5.74) is 2.16. The smallest absolute Gasteiger partial charge is 0.307 e. The zero-order valence-electron chi connectivity index (χ0n) is 11.2. The van der Waals surface area contributed by atoms with Crippen LogP contribution in [0.5, 0.6) is 0 Å². The number of nitrogens with zero attached hydrogens (tertiary/aromatic N) is 2. The van der Waals surface area contributed by atoms with Gasteiger partial charge in [-0.1, -0.05) is 0 Å². The maximum atomic E-state index is 11.2. The third-order valence-corrected chi connectivity index (χ3v) is 2.71. The van der Waals surface area contributed by atoms with Crippen LogP contribution < -0.4 is 4.90 Å². The van der Waals surface area contributed by atoms with Gasteiger partial charge in [-0.05, 0) is 18.6 Å². The van der Waals surface area contributed by atoms with Crippen LogP contribution in [0.4, 0.5) is 5.69 Å². The first-order valence-electron chi connectivity index (χ1n) is 5.90. The molecule has 1 rings (SSSR count). The van der Waals surface area contributed by atoms with Gasteiger partial charge in [-0.2, -0.15) is 0 Å². The monoisotopic (exact) mass is 252 g/mol. The predicted octanol–water partition coefficient (Wildman–Crippen LogP) is 1.41. The molecule has 0 amide bonds. The van der Waals surface area contributed by atoms with Crippen LogP contribution in [0.25, 0.3) is 0 Å². The highest BCUT2D eigenvalue weighted by atomic mass is 16.5. The van der Waals surface area contributed by atoms with E-state index in [2.05, 4.69) is 14.6 Å².